The van der Waals surface area contributed by atoms with Crippen LogP contribution in [0.2, 0.25) is 5.02 Å². The fourth-order valence-corrected chi connectivity index (χ4v) is 4.31. The van der Waals surface area contributed by atoms with Gasteiger partial charge in [-0.3, -0.25) is 0 Å². The van der Waals surface area contributed by atoms with Gasteiger partial charge in [0.25, 0.3) is 0 Å². The lowest BCUT2D eigenvalue weighted by Gasteiger charge is -2.32. The molecule has 1 aliphatic rings. The van der Waals surface area contributed by atoms with E-state index in [4.69, 9.17) is 11.6 Å². The number of rotatable bonds is 3. The average Bonchev–Trinajstić information content (AvgIpc) is 2.39. The van der Waals surface area contributed by atoms with Gasteiger partial charge in [0, 0.05) is 25.8 Å². The van der Waals surface area contributed by atoms with Crippen LogP contribution in [0.5, 0.6) is 0 Å². The Hall–Kier alpha value is -0.850. The molecule has 19 heavy (non-hydrogen) atoms. The molecular weight excluding hydrogens is 286 g/mol. The van der Waals surface area contributed by atoms with Gasteiger partial charge in [-0.1, -0.05) is 18.0 Å². The summed E-state index contributed by atoms with van der Waals surface area (Å²) in [6.07, 6.45) is 4.23. The first kappa shape index (κ1) is 14.6. The monoisotopic (exact) mass is 303 g/mol. The second-order valence-electron chi connectivity index (χ2n) is 4.71. The third-order valence-corrected chi connectivity index (χ3v) is 5.67. The molecule has 1 saturated heterocycles. The van der Waals surface area contributed by atoms with Crippen LogP contribution in [0.3, 0.4) is 0 Å². The van der Waals surface area contributed by atoms with Gasteiger partial charge in [-0.05, 0) is 25.8 Å². The minimum absolute atomic E-state index is 0.0292. The van der Waals surface area contributed by atoms with Crippen molar-refractivity contribution in [2.24, 2.45) is 0 Å². The number of hydrogen-bond acceptors (Lipinski definition) is 4. The third-order valence-electron chi connectivity index (χ3n) is 3.40. The molecule has 1 fully saturated rings. The van der Waals surface area contributed by atoms with Gasteiger partial charge >= 0.3 is 0 Å². The molecule has 0 bridgehead atoms. The molecule has 0 spiro atoms. The van der Waals surface area contributed by atoms with E-state index in [1.54, 1.807) is 11.4 Å². The first-order chi connectivity index (χ1) is 8.96. The van der Waals surface area contributed by atoms with Crippen LogP contribution in [-0.2, 0) is 10.0 Å². The van der Waals surface area contributed by atoms with E-state index in [1.807, 2.05) is 6.92 Å². The van der Waals surface area contributed by atoms with Gasteiger partial charge in [0.2, 0.25) is 10.0 Å². The van der Waals surface area contributed by atoms with Crippen LogP contribution < -0.4 is 5.32 Å². The molecule has 1 aromatic heterocycles. The average molecular weight is 304 g/mol. The van der Waals surface area contributed by atoms with Gasteiger partial charge in [-0.15, -0.1) is 0 Å². The van der Waals surface area contributed by atoms with E-state index >= 15 is 0 Å². The lowest BCUT2D eigenvalue weighted by atomic mass is 10.1. The van der Waals surface area contributed by atoms with Crippen LogP contribution in [0.15, 0.2) is 17.2 Å². The molecule has 0 aromatic carbocycles. The molecule has 1 atom stereocenters. The molecule has 1 aliphatic heterocycles. The van der Waals surface area contributed by atoms with Crippen molar-refractivity contribution in [2.75, 3.05) is 18.9 Å². The quantitative estimate of drug-likeness (QED) is 0.931. The topological polar surface area (TPSA) is 62.3 Å². The highest BCUT2D eigenvalue weighted by Crippen LogP contribution is 2.28. The Balaban J connectivity index is 2.36. The Morgan fingerprint density at radius 2 is 2.21 bits per heavy atom. The van der Waals surface area contributed by atoms with E-state index in [1.165, 1.54) is 12.3 Å². The summed E-state index contributed by atoms with van der Waals surface area (Å²) in [5.41, 5.74) is 0. The van der Waals surface area contributed by atoms with Crippen LogP contribution in [0.4, 0.5) is 5.82 Å². The fraction of sp³-hybridized carbons (Fsp3) is 0.583. The second-order valence-corrected chi connectivity index (χ2v) is 7.01. The van der Waals surface area contributed by atoms with Crippen LogP contribution >= 0.6 is 11.6 Å². The van der Waals surface area contributed by atoms with Crippen LogP contribution in [0.1, 0.15) is 26.2 Å². The molecule has 0 saturated carbocycles. The van der Waals surface area contributed by atoms with Crippen molar-refractivity contribution in [2.45, 2.75) is 37.1 Å². The number of nitrogens with zero attached hydrogens (tertiary/aromatic N) is 2. The second kappa shape index (κ2) is 5.64. The van der Waals surface area contributed by atoms with Gasteiger partial charge in [0.1, 0.15) is 10.7 Å². The van der Waals surface area contributed by atoms with Gasteiger partial charge < -0.3 is 5.32 Å². The van der Waals surface area contributed by atoms with Crippen molar-refractivity contribution in [3.05, 3.63) is 17.3 Å². The molecule has 1 aromatic rings. The summed E-state index contributed by atoms with van der Waals surface area (Å²) in [5.74, 6) is 0.479. The first-order valence-electron chi connectivity index (χ1n) is 6.32. The van der Waals surface area contributed by atoms with E-state index in [0.29, 0.717) is 17.4 Å². The zero-order chi connectivity index (χ0) is 14.0. The van der Waals surface area contributed by atoms with E-state index in [9.17, 15) is 8.42 Å². The summed E-state index contributed by atoms with van der Waals surface area (Å²) < 4.78 is 26.7. The normalized spacial score (nSPS) is 21.3. The maximum Gasteiger partial charge on any atom is 0.244 e. The predicted octanol–water partition coefficient (Wildman–Crippen LogP) is 2.34. The van der Waals surface area contributed by atoms with E-state index in [-0.39, 0.29) is 10.9 Å². The van der Waals surface area contributed by atoms with E-state index in [0.717, 1.165) is 19.3 Å². The number of anilines is 1. The number of pyridine rings is 1. The zero-order valence-corrected chi connectivity index (χ0v) is 12.6. The first-order valence-corrected chi connectivity index (χ1v) is 8.13. The highest BCUT2D eigenvalue weighted by atomic mass is 35.5. The van der Waals surface area contributed by atoms with Crippen molar-refractivity contribution >= 4 is 27.4 Å². The number of hydrogen-bond donors (Lipinski definition) is 1. The standard InChI is InChI=1S/C12H18ClN3O2S/c1-9-5-3-4-6-16(9)19(17,18)10-7-11(13)12(14-2)15-8-10/h7-9H,3-6H2,1-2H3,(H,14,15). The molecule has 0 aliphatic carbocycles. The van der Waals surface area contributed by atoms with Crippen molar-refractivity contribution in [3.63, 3.8) is 0 Å². The number of piperidine rings is 1. The molecule has 0 amide bonds. The van der Waals surface area contributed by atoms with Crippen molar-refractivity contribution in [1.29, 1.82) is 0 Å². The summed E-state index contributed by atoms with van der Waals surface area (Å²) in [6.45, 7) is 2.50. The van der Waals surface area contributed by atoms with Crippen molar-refractivity contribution in [1.82, 2.24) is 9.29 Å². The Kier molecular flexibility index (Phi) is 4.32. The maximum absolute atomic E-state index is 12.6. The molecule has 106 valence electrons. The van der Waals surface area contributed by atoms with E-state index < -0.39 is 10.0 Å². The van der Waals surface area contributed by atoms with Gasteiger partial charge in [-0.2, -0.15) is 4.31 Å². The number of halogens is 1. The highest BCUT2D eigenvalue weighted by Gasteiger charge is 2.31. The fourth-order valence-electron chi connectivity index (χ4n) is 2.31. The number of sulfonamides is 1. The van der Waals surface area contributed by atoms with Gasteiger partial charge in [0.15, 0.2) is 0 Å². The molecule has 2 heterocycles. The predicted molar refractivity (Wildman–Crippen MR) is 76.0 cm³/mol. The minimum atomic E-state index is -3.50. The molecule has 1 unspecified atom stereocenters. The zero-order valence-electron chi connectivity index (χ0n) is 11.1. The largest absolute Gasteiger partial charge is 0.372 e. The van der Waals surface area contributed by atoms with E-state index in [2.05, 4.69) is 10.3 Å². The molecule has 0 radical (unpaired) electrons. The summed E-state index contributed by atoms with van der Waals surface area (Å²) in [5, 5.41) is 3.12. The number of nitrogens with one attached hydrogen (secondary N) is 1. The summed E-state index contributed by atoms with van der Waals surface area (Å²) in [6, 6.07) is 1.48. The minimum Gasteiger partial charge on any atom is -0.372 e. The molecule has 2 rings (SSSR count). The molecular formula is C12H18ClN3O2S. The lowest BCUT2D eigenvalue weighted by molar-refractivity contribution is 0.268. The summed E-state index contributed by atoms with van der Waals surface area (Å²) >= 11 is 6.00. The number of aromatic nitrogens is 1. The Labute approximate surface area is 119 Å². The summed E-state index contributed by atoms with van der Waals surface area (Å²) in [4.78, 5) is 4.19. The molecule has 5 nitrogen and oxygen atoms in total. The van der Waals surface area contributed by atoms with Crippen LogP contribution in [0.25, 0.3) is 0 Å². The lowest BCUT2D eigenvalue weighted by Crippen LogP contribution is -2.41. The molecule has 7 heteroatoms. The Morgan fingerprint density at radius 3 is 2.79 bits per heavy atom. The smallest absolute Gasteiger partial charge is 0.244 e. The molecule has 1 N–H and O–H groups in total. The van der Waals surface area contributed by atoms with Crippen molar-refractivity contribution < 1.29 is 8.42 Å². The summed E-state index contributed by atoms with van der Waals surface area (Å²) in [7, 11) is -1.81. The maximum atomic E-state index is 12.6. The van der Waals surface area contributed by atoms with Crippen LogP contribution in [0, 0.1) is 0 Å². The van der Waals surface area contributed by atoms with Crippen LogP contribution in [-0.4, -0.2) is 37.3 Å². The highest BCUT2D eigenvalue weighted by molar-refractivity contribution is 7.89. The Morgan fingerprint density at radius 1 is 1.47 bits per heavy atom. The van der Waals surface area contributed by atoms with Crippen molar-refractivity contribution in [3.8, 4) is 0 Å². The Bertz CT molecular complexity index is 562. The third kappa shape index (κ3) is 2.85. The van der Waals surface area contributed by atoms with Gasteiger partial charge in [0.05, 0.1) is 5.02 Å². The van der Waals surface area contributed by atoms with Gasteiger partial charge in [-0.25, -0.2) is 13.4 Å². The SMILES string of the molecule is CNc1ncc(S(=O)(=O)N2CCCCC2C)cc1Cl.